The summed E-state index contributed by atoms with van der Waals surface area (Å²) >= 11 is 1.53. The van der Waals surface area contributed by atoms with Gasteiger partial charge in [-0.15, -0.1) is 11.3 Å². The molecule has 0 aromatic carbocycles. The second-order valence-corrected chi connectivity index (χ2v) is 5.89. The van der Waals surface area contributed by atoms with Crippen molar-refractivity contribution in [3.63, 3.8) is 0 Å². The molecule has 2 N–H and O–H groups in total. The first-order valence-electron chi connectivity index (χ1n) is 7.07. The van der Waals surface area contributed by atoms with Crippen molar-refractivity contribution in [2.24, 2.45) is 0 Å². The minimum Gasteiger partial charge on any atom is -0.329 e. The number of carbonyl (C=O) groups is 1. The highest BCUT2D eigenvalue weighted by atomic mass is 32.1. The molecule has 3 aromatic rings. The number of nitrogens with zero attached hydrogens (tertiary/aromatic N) is 4. The first-order valence-corrected chi connectivity index (χ1v) is 7.95. The van der Waals surface area contributed by atoms with Gasteiger partial charge in [0.1, 0.15) is 5.01 Å². The predicted molar refractivity (Wildman–Crippen MR) is 88.8 cm³/mol. The predicted octanol–water partition coefficient (Wildman–Crippen LogP) is 2.91. The molecule has 0 spiro atoms. The van der Waals surface area contributed by atoms with Gasteiger partial charge in [0.2, 0.25) is 0 Å². The Bertz CT molecular complexity index is 781. The van der Waals surface area contributed by atoms with Gasteiger partial charge in [0.25, 0.3) is 0 Å². The van der Waals surface area contributed by atoms with Gasteiger partial charge in [0, 0.05) is 23.5 Å². The molecule has 0 unspecified atom stereocenters. The highest BCUT2D eigenvalue weighted by Crippen LogP contribution is 2.17. The number of amides is 2. The average molecular weight is 328 g/mol. The minimum atomic E-state index is -0.293. The van der Waals surface area contributed by atoms with Gasteiger partial charge < -0.3 is 10.6 Å². The molecular formula is C15H16N6OS. The maximum absolute atomic E-state index is 12.0. The van der Waals surface area contributed by atoms with E-state index in [-0.39, 0.29) is 12.1 Å². The largest absolute Gasteiger partial charge is 0.329 e. The van der Waals surface area contributed by atoms with Crippen molar-refractivity contribution in [3.05, 3.63) is 52.9 Å². The Morgan fingerprint density at radius 3 is 2.87 bits per heavy atom. The van der Waals surface area contributed by atoms with Crippen LogP contribution in [0.3, 0.4) is 0 Å². The van der Waals surface area contributed by atoms with Crippen LogP contribution in [-0.2, 0) is 0 Å². The average Bonchev–Trinajstić information content (AvgIpc) is 3.19. The fraction of sp³-hybridized carbons (Fsp3) is 0.200. The van der Waals surface area contributed by atoms with Crippen molar-refractivity contribution in [1.29, 1.82) is 0 Å². The Balaban J connectivity index is 1.59. The molecule has 0 saturated heterocycles. The first kappa shape index (κ1) is 15.2. The SMILES string of the molecule is Cc1csc([C@H](C)NC(=O)Nc2ccc(-n3cccn3)nc2)n1. The number of aryl methyl sites for hydroxylation is 1. The van der Waals surface area contributed by atoms with E-state index in [1.807, 2.05) is 25.3 Å². The van der Waals surface area contributed by atoms with Gasteiger partial charge in [-0.1, -0.05) is 0 Å². The van der Waals surface area contributed by atoms with Gasteiger partial charge in [0.05, 0.1) is 17.9 Å². The fourth-order valence-corrected chi connectivity index (χ4v) is 2.80. The highest BCUT2D eigenvalue weighted by molar-refractivity contribution is 7.09. The maximum atomic E-state index is 12.0. The van der Waals surface area contributed by atoms with Crippen LogP contribution in [0.1, 0.15) is 23.7 Å². The molecule has 0 aliphatic rings. The fourth-order valence-electron chi connectivity index (χ4n) is 2.00. The molecule has 0 aliphatic carbocycles. The Labute approximate surface area is 137 Å². The monoisotopic (exact) mass is 328 g/mol. The van der Waals surface area contributed by atoms with Gasteiger partial charge in [-0.2, -0.15) is 5.10 Å². The van der Waals surface area contributed by atoms with Crippen molar-refractivity contribution >= 4 is 23.1 Å². The molecule has 0 fully saturated rings. The number of thiazole rings is 1. The van der Waals surface area contributed by atoms with Crippen LogP contribution in [0.25, 0.3) is 5.82 Å². The summed E-state index contributed by atoms with van der Waals surface area (Å²) in [6.45, 7) is 3.83. The quantitative estimate of drug-likeness (QED) is 0.771. The molecule has 0 saturated carbocycles. The number of urea groups is 1. The summed E-state index contributed by atoms with van der Waals surface area (Å²) in [5.74, 6) is 0.688. The zero-order chi connectivity index (χ0) is 16.2. The lowest BCUT2D eigenvalue weighted by atomic mass is 10.3. The summed E-state index contributed by atoms with van der Waals surface area (Å²) in [5.41, 5.74) is 1.57. The van der Waals surface area contributed by atoms with E-state index >= 15 is 0 Å². The van der Waals surface area contributed by atoms with E-state index in [1.165, 1.54) is 11.3 Å². The van der Waals surface area contributed by atoms with Crippen molar-refractivity contribution in [1.82, 2.24) is 25.1 Å². The van der Waals surface area contributed by atoms with Crippen molar-refractivity contribution in [2.45, 2.75) is 19.9 Å². The van der Waals surface area contributed by atoms with Gasteiger partial charge >= 0.3 is 6.03 Å². The second kappa shape index (κ2) is 6.57. The van der Waals surface area contributed by atoms with Crippen LogP contribution >= 0.6 is 11.3 Å². The van der Waals surface area contributed by atoms with E-state index in [9.17, 15) is 4.79 Å². The van der Waals surface area contributed by atoms with Crippen LogP contribution in [-0.4, -0.2) is 25.8 Å². The number of nitrogens with one attached hydrogen (secondary N) is 2. The number of anilines is 1. The lowest BCUT2D eigenvalue weighted by molar-refractivity contribution is 0.249. The molecule has 118 valence electrons. The molecule has 0 radical (unpaired) electrons. The van der Waals surface area contributed by atoms with Crippen molar-refractivity contribution in [2.75, 3.05) is 5.32 Å². The number of aromatic nitrogens is 4. The van der Waals surface area contributed by atoms with Gasteiger partial charge in [-0.3, -0.25) is 0 Å². The summed E-state index contributed by atoms with van der Waals surface area (Å²) in [6.07, 6.45) is 5.08. The molecule has 7 nitrogen and oxygen atoms in total. The van der Waals surface area contributed by atoms with Gasteiger partial charge in [0.15, 0.2) is 5.82 Å². The molecule has 23 heavy (non-hydrogen) atoms. The van der Waals surface area contributed by atoms with Crippen LogP contribution in [0.4, 0.5) is 10.5 Å². The summed E-state index contributed by atoms with van der Waals surface area (Å²) in [5, 5.41) is 12.6. The Hall–Kier alpha value is -2.74. The molecular weight excluding hydrogens is 312 g/mol. The molecule has 3 aromatic heterocycles. The van der Waals surface area contributed by atoms with E-state index in [0.717, 1.165) is 10.7 Å². The molecule has 3 rings (SSSR count). The maximum Gasteiger partial charge on any atom is 0.319 e. The Morgan fingerprint density at radius 2 is 2.26 bits per heavy atom. The third kappa shape index (κ3) is 3.72. The van der Waals surface area contributed by atoms with E-state index in [4.69, 9.17) is 0 Å². The standard InChI is InChI=1S/C15H16N6OS/c1-10-9-23-14(18-10)11(2)19-15(22)20-12-4-5-13(16-8-12)21-7-3-6-17-21/h3-9,11H,1-2H3,(H2,19,20,22)/t11-/m0/s1. The zero-order valence-electron chi connectivity index (χ0n) is 12.7. The van der Waals surface area contributed by atoms with Crippen LogP contribution in [0.5, 0.6) is 0 Å². The lowest BCUT2D eigenvalue weighted by Crippen LogP contribution is -2.31. The van der Waals surface area contributed by atoms with Crippen LogP contribution in [0.2, 0.25) is 0 Å². The summed E-state index contributed by atoms with van der Waals surface area (Å²) in [7, 11) is 0. The molecule has 3 heterocycles. The number of carbonyl (C=O) groups excluding carboxylic acids is 1. The Kier molecular flexibility index (Phi) is 4.33. The van der Waals surface area contributed by atoms with E-state index in [1.54, 1.807) is 35.4 Å². The molecule has 0 bridgehead atoms. The number of pyridine rings is 1. The van der Waals surface area contributed by atoms with Crippen LogP contribution < -0.4 is 10.6 Å². The number of hydrogen-bond acceptors (Lipinski definition) is 5. The number of rotatable bonds is 4. The summed E-state index contributed by atoms with van der Waals surface area (Å²) in [4.78, 5) is 20.7. The molecule has 8 heteroatoms. The smallest absolute Gasteiger partial charge is 0.319 e. The minimum absolute atomic E-state index is 0.148. The van der Waals surface area contributed by atoms with Crippen LogP contribution in [0.15, 0.2) is 42.2 Å². The molecule has 0 aliphatic heterocycles. The number of hydrogen-bond donors (Lipinski definition) is 2. The third-order valence-electron chi connectivity index (χ3n) is 3.10. The van der Waals surface area contributed by atoms with Crippen molar-refractivity contribution in [3.8, 4) is 5.82 Å². The van der Waals surface area contributed by atoms with E-state index in [0.29, 0.717) is 11.5 Å². The lowest BCUT2D eigenvalue weighted by Gasteiger charge is -2.12. The Morgan fingerprint density at radius 1 is 1.39 bits per heavy atom. The van der Waals surface area contributed by atoms with E-state index < -0.39 is 0 Å². The highest BCUT2D eigenvalue weighted by Gasteiger charge is 2.12. The van der Waals surface area contributed by atoms with E-state index in [2.05, 4.69) is 25.7 Å². The molecule has 1 atom stereocenters. The zero-order valence-corrected chi connectivity index (χ0v) is 13.5. The third-order valence-corrected chi connectivity index (χ3v) is 4.24. The molecule has 2 amide bonds. The van der Waals surface area contributed by atoms with Crippen LogP contribution in [0, 0.1) is 6.92 Å². The summed E-state index contributed by atoms with van der Waals surface area (Å²) < 4.78 is 1.65. The van der Waals surface area contributed by atoms with Gasteiger partial charge in [-0.05, 0) is 32.0 Å². The second-order valence-electron chi connectivity index (χ2n) is 5.00. The topological polar surface area (TPSA) is 84.7 Å². The summed E-state index contributed by atoms with van der Waals surface area (Å²) in [6, 6.07) is 4.95. The van der Waals surface area contributed by atoms with Gasteiger partial charge in [-0.25, -0.2) is 19.4 Å². The first-order chi connectivity index (χ1) is 11.1. The van der Waals surface area contributed by atoms with Crippen molar-refractivity contribution < 1.29 is 4.79 Å². The normalized spacial score (nSPS) is 11.9.